The van der Waals surface area contributed by atoms with E-state index >= 15 is 0 Å². The molecule has 1 aliphatic rings. The first-order chi connectivity index (χ1) is 9.98. The number of carbonyl (C=O) groups is 1. The van der Waals surface area contributed by atoms with Crippen LogP contribution < -0.4 is 10.6 Å². The molecule has 4 heteroatoms. The van der Waals surface area contributed by atoms with Gasteiger partial charge < -0.3 is 15.4 Å². The van der Waals surface area contributed by atoms with Crippen molar-refractivity contribution < 1.29 is 9.53 Å². The lowest BCUT2D eigenvalue weighted by Gasteiger charge is -2.35. The van der Waals surface area contributed by atoms with Crippen molar-refractivity contribution in [3.63, 3.8) is 0 Å². The van der Waals surface area contributed by atoms with Gasteiger partial charge in [-0.1, -0.05) is 19.9 Å². The molecule has 0 atom stereocenters. The zero-order valence-electron chi connectivity index (χ0n) is 13.2. The Balaban J connectivity index is 1.91. The van der Waals surface area contributed by atoms with E-state index in [9.17, 15) is 4.79 Å². The molecule has 1 fully saturated rings. The maximum absolute atomic E-state index is 11.5. The van der Waals surface area contributed by atoms with E-state index in [-0.39, 0.29) is 12.5 Å². The van der Waals surface area contributed by atoms with Crippen LogP contribution in [0.5, 0.6) is 0 Å². The molecule has 0 aromatic heterocycles. The fourth-order valence-electron chi connectivity index (χ4n) is 2.79. The molecule has 21 heavy (non-hydrogen) atoms. The van der Waals surface area contributed by atoms with E-state index in [1.54, 1.807) is 0 Å². The van der Waals surface area contributed by atoms with Crippen molar-refractivity contribution >= 4 is 17.3 Å². The van der Waals surface area contributed by atoms with Crippen LogP contribution in [0.2, 0.25) is 0 Å². The molecule has 2 N–H and O–H groups in total. The summed E-state index contributed by atoms with van der Waals surface area (Å²) in [5.41, 5.74) is 2.35. The Morgan fingerprint density at radius 2 is 1.95 bits per heavy atom. The molecule has 1 aromatic rings. The van der Waals surface area contributed by atoms with Crippen molar-refractivity contribution in [1.29, 1.82) is 0 Å². The van der Waals surface area contributed by atoms with Crippen molar-refractivity contribution in [3.8, 4) is 0 Å². The molecule has 4 nitrogen and oxygen atoms in total. The Morgan fingerprint density at radius 3 is 2.62 bits per heavy atom. The third kappa shape index (κ3) is 5.05. The summed E-state index contributed by atoms with van der Waals surface area (Å²) < 4.78 is 4.82. The van der Waals surface area contributed by atoms with Crippen LogP contribution in [0.3, 0.4) is 0 Å². The zero-order valence-corrected chi connectivity index (χ0v) is 13.2. The van der Waals surface area contributed by atoms with Gasteiger partial charge in [-0.05, 0) is 49.3 Å². The van der Waals surface area contributed by atoms with Gasteiger partial charge in [0.15, 0.2) is 0 Å². The first-order valence-corrected chi connectivity index (χ1v) is 7.64. The Labute approximate surface area is 127 Å². The van der Waals surface area contributed by atoms with E-state index in [1.165, 1.54) is 32.8 Å². The van der Waals surface area contributed by atoms with E-state index in [0.717, 1.165) is 11.4 Å². The molecule has 1 saturated carbocycles. The number of methoxy groups -OCH3 is 1. The lowest BCUT2D eigenvalue weighted by molar-refractivity contribution is -0.119. The van der Waals surface area contributed by atoms with E-state index in [2.05, 4.69) is 24.5 Å². The van der Waals surface area contributed by atoms with Crippen LogP contribution in [0.15, 0.2) is 24.3 Å². The number of anilines is 2. The number of benzene rings is 1. The summed E-state index contributed by atoms with van der Waals surface area (Å²) in [4.78, 5) is 11.5. The van der Waals surface area contributed by atoms with Crippen molar-refractivity contribution in [2.75, 3.05) is 24.4 Å². The van der Waals surface area contributed by atoms with Crippen molar-refractivity contribution in [2.24, 2.45) is 5.41 Å². The van der Waals surface area contributed by atoms with Gasteiger partial charge in [-0.2, -0.15) is 0 Å². The second-order valence-corrected chi connectivity index (χ2v) is 6.64. The highest BCUT2D eigenvalue weighted by Gasteiger charge is 2.26. The third-order valence-electron chi connectivity index (χ3n) is 4.13. The Morgan fingerprint density at radius 1 is 1.29 bits per heavy atom. The van der Waals surface area contributed by atoms with Gasteiger partial charge in [0.05, 0.1) is 0 Å². The Hall–Kier alpha value is -1.55. The van der Waals surface area contributed by atoms with E-state index < -0.39 is 0 Å². The minimum atomic E-state index is -0.130. The van der Waals surface area contributed by atoms with Gasteiger partial charge in [-0.3, -0.25) is 4.79 Å². The average Bonchev–Trinajstić information content (AvgIpc) is 2.42. The number of carbonyl (C=O) groups excluding carboxylic acids is 1. The highest BCUT2D eigenvalue weighted by molar-refractivity contribution is 5.92. The SMILES string of the molecule is COCC(=O)Nc1cccc(NC2CCC(C)(C)CC2)c1. The normalized spacial score (nSPS) is 18.2. The van der Waals surface area contributed by atoms with Crippen LogP contribution in [-0.2, 0) is 9.53 Å². The molecule has 0 unspecified atom stereocenters. The second kappa shape index (κ2) is 6.94. The molecule has 1 amide bonds. The summed E-state index contributed by atoms with van der Waals surface area (Å²) in [5, 5.41) is 6.41. The van der Waals surface area contributed by atoms with Crippen LogP contribution >= 0.6 is 0 Å². The average molecular weight is 290 g/mol. The molecular weight excluding hydrogens is 264 g/mol. The monoisotopic (exact) mass is 290 g/mol. The van der Waals surface area contributed by atoms with Crippen LogP contribution in [0.1, 0.15) is 39.5 Å². The number of nitrogens with one attached hydrogen (secondary N) is 2. The maximum atomic E-state index is 11.5. The van der Waals surface area contributed by atoms with Crippen LogP contribution in [0.4, 0.5) is 11.4 Å². The number of rotatable bonds is 5. The highest BCUT2D eigenvalue weighted by Crippen LogP contribution is 2.36. The van der Waals surface area contributed by atoms with Gasteiger partial charge in [0.25, 0.3) is 0 Å². The summed E-state index contributed by atoms with van der Waals surface area (Å²) >= 11 is 0. The fraction of sp³-hybridized carbons (Fsp3) is 0.588. The smallest absolute Gasteiger partial charge is 0.250 e. The number of hydrogen-bond donors (Lipinski definition) is 2. The lowest BCUT2D eigenvalue weighted by atomic mass is 9.75. The maximum Gasteiger partial charge on any atom is 0.250 e. The summed E-state index contributed by atoms with van der Waals surface area (Å²) in [6, 6.07) is 8.40. The van der Waals surface area contributed by atoms with Gasteiger partial charge >= 0.3 is 0 Å². The minimum Gasteiger partial charge on any atom is -0.382 e. The second-order valence-electron chi connectivity index (χ2n) is 6.64. The molecule has 116 valence electrons. The van der Waals surface area contributed by atoms with Gasteiger partial charge in [0.1, 0.15) is 6.61 Å². The molecule has 1 aliphatic carbocycles. The molecule has 0 radical (unpaired) electrons. The van der Waals surface area contributed by atoms with Crippen LogP contribution in [0, 0.1) is 5.41 Å². The standard InChI is InChI=1S/C17H26N2O2/c1-17(2)9-7-13(8-10-17)18-14-5-4-6-15(11-14)19-16(20)12-21-3/h4-6,11,13,18H,7-10,12H2,1-3H3,(H,19,20). The topological polar surface area (TPSA) is 50.4 Å². The highest BCUT2D eigenvalue weighted by atomic mass is 16.5. The molecule has 0 bridgehead atoms. The van der Waals surface area contributed by atoms with Gasteiger partial charge in [-0.25, -0.2) is 0 Å². The van der Waals surface area contributed by atoms with E-state index in [1.807, 2.05) is 24.3 Å². The van der Waals surface area contributed by atoms with Gasteiger partial charge in [-0.15, -0.1) is 0 Å². The number of amides is 1. The predicted octanol–water partition coefficient (Wildman–Crippen LogP) is 3.65. The van der Waals surface area contributed by atoms with E-state index in [0.29, 0.717) is 11.5 Å². The molecule has 1 aromatic carbocycles. The fourth-order valence-corrected chi connectivity index (χ4v) is 2.79. The largest absolute Gasteiger partial charge is 0.382 e. The quantitative estimate of drug-likeness (QED) is 0.870. The molecular formula is C17H26N2O2. The number of hydrogen-bond acceptors (Lipinski definition) is 3. The van der Waals surface area contributed by atoms with E-state index in [4.69, 9.17) is 4.74 Å². The lowest BCUT2D eigenvalue weighted by Crippen LogP contribution is -2.29. The Kier molecular flexibility index (Phi) is 5.23. The first kappa shape index (κ1) is 15.8. The molecule has 0 spiro atoms. The summed E-state index contributed by atoms with van der Waals surface area (Å²) in [5.74, 6) is -0.130. The predicted molar refractivity (Wildman–Crippen MR) is 86.6 cm³/mol. The molecule has 0 aliphatic heterocycles. The van der Waals surface area contributed by atoms with Crippen molar-refractivity contribution in [1.82, 2.24) is 0 Å². The third-order valence-corrected chi connectivity index (χ3v) is 4.13. The van der Waals surface area contributed by atoms with Gasteiger partial charge in [0, 0.05) is 24.5 Å². The summed E-state index contributed by atoms with van der Waals surface area (Å²) in [6.45, 7) is 4.76. The Bertz CT molecular complexity index is 475. The van der Waals surface area contributed by atoms with Crippen molar-refractivity contribution in [2.45, 2.75) is 45.6 Å². The van der Waals surface area contributed by atoms with Crippen LogP contribution in [0.25, 0.3) is 0 Å². The molecule has 0 saturated heterocycles. The van der Waals surface area contributed by atoms with Gasteiger partial charge in [0.2, 0.25) is 5.91 Å². The summed E-state index contributed by atoms with van der Waals surface area (Å²) in [6.07, 6.45) is 4.92. The van der Waals surface area contributed by atoms with Crippen LogP contribution in [-0.4, -0.2) is 25.7 Å². The minimum absolute atomic E-state index is 0.0787. The number of ether oxygens (including phenoxy) is 1. The van der Waals surface area contributed by atoms with Crippen molar-refractivity contribution in [3.05, 3.63) is 24.3 Å². The molecule has 2 rings (SSSR count). The summed E-state index contributed by atoms with van der Waals surface area (Å²) in [7, 11) is 1.52. The zero-order chi connectivity index (χ0) is 15.3. The molecule has 0 heterocycles. The first-order valence-electron chi connectivity index (χ1n) is 7.64.